The van der Waals surface area contributed by atoms with Gasteiger partial charge >= 0.3 is 0 Å². The molecule has 0 N–H and O–H groups in total. The van der Waals surface area contributed by atoms with Gasteiger partial charge in [-0.2, -0.15) is 0 Å². The summed E-state index contributed by atoms with van der Waals surface area (Å²) in [5.41, 5.74) is -0.278. The Morgan fingerprint density at radius 2 is 1.86 bits per heavy atom. The topological polar surface area (TPSA) is 12.9 Å². The van der Waals surface area contributed by atoms with E-state index in [0.717, 1.165) is 19.3 Å². The zero-order valence-corrected chi connectivity index (χ0v) is 8.31. The Morgan fingerprint density at radius 3 is 2.21 bits per heavy atom. The summed E-state index contributed by atoms with van der Waals surface area (Å²) >= 11 is 0. The molecule has 1 rings (SSSR count). The van der Waals surface area contributed by atoms with E-state index in [-0.39, 0.29) is 17.0 Å². The van der Waals surface area contributed by atoms with Crippen molar-refractivity contribution in [2.45, 2.75) is 32.6 Å². The third-order valence-electron chi connectivity index (χ3n) is 1.99. The van der Waals surface area contributed by atoms with Gasteiger partial charge in [0.2, 0.25) is 0 Å². The molecule has 14 heavy (non-hydrogen) atoms. The Labute approximate surface area is 81.0 Å². The molecule has 4 heteroatoms. The Balaban J connectivity index is 3.36. The third kappa shape index (κ3) is 2.05. The average Bonchev–Trinajstić information content (AvgIpc) is 2.01. The summed E-state index contributed by atoms with van der Waals surface area (Å²) in [5, 5.41) is 0. The van der Waals surface area contributed by atoms with Crippen LogP contribution in [0.5, 0.6) is 0 Å². The van der Waals surface area contributed by atoms with Gasteiger partial charge in [0, 0.05) is 24.2 Å². The van der Waals surface area contributed by atoms with Crippen LogP contribution in [0.15, 0.2) is 12.4 Å². The fourth-order valence-electron chi connectivity index (χ4n) is 1.38. The highest BCUT2D eigenvalue weighted by atomic mass is 19.3. The molecule has 1 heterocycles. The van der Waals surface area contributed by atoms with E-state index in [1.807, 2.05) is 0 Å². The minimum Gasteiger partial charge on any atom is -0.261 e. The van der Waals surface area contributed by atoms with Crippen LogP contribution in [0.1, 0.15) is 37.8 Å². The van der Waals surface area contributed by atoms with Crippen molar-refractivity contribution in [2.75, 3.05) is 0 Å². The molecule has 0 amide bonds. The molecule has 0 bridgehead atoms. The molecule has 0 aliphatic carbocycles. The zero-order chi connectivity index (χ0) is 10.9. The second kappa shape index (κ2) is 3.59. The lowest BCUT2D eigenvalue weighted by molar-refractivity contribution is 0.0155. The van der Waals surface area contributed by atoms with E-state index in [1.165, 1.54) is 0 Å². The van der Waals surface area contributed by atoms with Crippen molar-refractivity contribution in [3.8, 4) is 0 Å². The Hall–Kier alpha value is -1.06. The van der Waals surface area contributed by atoms with Crippen LogP contribution in [0.3, 0.4) is 0 Å². The highest BCUT2D eigenvalue weighted by Crippen LogP contribution is 2.33. The molecule has 0 atom stereocenters. The van der Waals surface area contributed by atoms with E-state index in [4.69, 9.17) is 0 Å². The molecule has 1 nitrogen and oxygen atoms in total. The van der Waals surface area contributed by atoms with Crippen LogP contribution in [-0.4, -0.2) is 4.98 Å². The molecular formula is C10H12F3N. The van der Waals surface area contributed by atoms with E-state index < -0.39 is 11.7 Å². The monoisotopic (exact) mass is 203 g/mol. The van der Waals surface area contributed by atoms with Crippen LogP contribution < -0.4 is 0 Å². The molecule has 0 fully saturated rings. The van der Waals surface area contributed by atoms with E-state index in [1.54, 1.807) is 13.8 Å². The van der Waals surface area contributed by atoms with Gasteiger partial charge in [0.25, 0.3) is 5.92 Å². The summed E-state index contributed by atoms with van der Waals surface area (Å²) < 4.78 is 39.3. The maximum absolute atomic E-state index is 13.2. The van der Waals surface area contributed by atoms with E-state index in [9.17, 15) is 13.2 Å². The number of aromatic nitrogens is 1. The van der Waals surface area contributed by atoms with Crippen LogP contribution in [0.4, 0.5) is 13.2 Å². The fourth-order valence-corrected chi connectivity index (χ4v) is 1.38. The van der Waals surface area contributed by atoms with Crippen molar-refractivity contribution >= 4 is 0 Å². The maximum atomic E-state index is 13.2. The highest BCUT2D eigenvalue weighted by molar-refractivity contribution is 5.31. The van der Waals surface area contributed by atoms with E-state index in [2.05, 4.69) is 4.98 Å². The predicted molar refractivity (Wildman–Crippen MR) is 47.9 cm³/mol. The van der Waals surface area contributed by atoms with Crippen molar-refractivity contribution in [2.24, 2.45) is 0 Å². The SMILES string of the molecule is CC(C)c1c(F)cncc1C(C)(F)F. The lowest BCUT2D eigenvalue weighted by Gasteiger charge is -2.17. The van der Waals surface area contributed by atoms with E-state index >= 15 is 0 Å². The van der Waals surface area contributed by atoms with Crippen molar-refractivity contribution < 1.29 is 13.2 Å². The first-order valence-electron chi connectivity index (χ1n) is 4.35. The van der Waals surface area contributed by atoms with Crippen LogP contribution in [0.2, 0.25) is 0 Å². The van der Waals surface area contributed by atoms with E-state index in [0.29, 0.717) is 0 Å². The lowest BCUT2D eigenvalue weighted by atomic mass is 9.95. The second-order valence-electron chi connectivity index (χ2n) is 3.63. The molecule has 78 valence electrons. The number of hydrogen-bond donors (Lipinski definition) is 0. The molecule has 1 aromatic heterocycles. The van der Waals surface area contributed by atoms with Crippen LogP contribution in [0.25, 0.3) is 0 Å². The van der Waals surface area contributed by atoms with Gasteiger partial charge in [-0.25, -0.2) is 13.2 Å². The first kappa shape index (κ1) is 11.0. The molecule has 0 radical (unpaired) electrons. The largest absolute Gasteiger partial charge is 0.272 e. The molecule has 0 spiro atoms. The Morgan fingerprint density at radius 1 is 1.29 bits per heavy atom. The quantitative estimate of drug-likeness (QED) is 0.717. The van der Waals surface area contributed by atoms with Crippen molar-refractivity contribution in [1.29, 1.82) is 0 Å². The highest BCUT2D eigenvalue weighted by Gasteiger charge is 2.30. The summed E-state index contributed by atoms with van der Waals surface area (Å²) in [6.07, 6.45) is 1.99. The number of pyridine rings is 1. The molecule has 0 aliphatic heterocycles. The smallest absolute Gasteiger partial charge is 0.261 e. The number of alkyl halides is 2. The fraction of sp³-hybridized carbons (Fsp3) is 0.500. The van der Waals surface area contributed by atoms with Gasteiger partial charge in [-0.1, -0.05) is 13.8 Å². The summed E-state index contributed by atoms with van der Waals surface area (Å²) in [6, 6.07) is 0. The maximum Gasteiger partial charge on any atom is 0.272 e. The van der Waals surface area contributed by atoms with Crippen molar-refractivity contribution in [1.82, 2.24) is 4.98 Å². The number of nitrogens with zero attached hydrogens (tertiary/aromatic N) is 1. The molecule has 0 saturated carbocycles. The van der Waals surface area contributed by atoms with Crippen LogP contribution in [-0.2, 0) is 5.92 Å². The van der Waals surface area contributed by atoms with Gasteiger partial charge in [0.05, 0.1) is 6.20 Å². The van der Waals surface area contributed by atoms with Crippen LogP contribution in [0, 0.1) is 5.82 Å². The van der Waals surface area contributed by atoms with Gasteiger partial charge in [0.15, 0.2) is 0 Å². The molecule has 0 unspecified atom stereocenters. The van der Waals surface area contributed by atoms with Gasteiger partial charge in [-0.15, -0.1) is 0 Å². The Kier molecular flexibility index (Phi) is 2.83. The molecule has 0 aliphatic rings. The standard InChI is InChI=1S/C10H12F3N/c1-6(2)9-7(10(3,12)13)4-14-5-8(9)11/h4-6H,1-3H3. The van der Waals surface area contributed by atoms with Gasteiger partial charge in [0.1, 0.15) is 5.82 Å². The molecular weight excluding hydrogens is 191 g/mol. The molecule has 0 saturated heterocycles. The summed E-state index contributed by atoms with van der Waals surface area (Å²) in [5.74, 6) is -3.99. The minimum absolute atomic E-state index is 0.0486. The Bertz CT molecular complexity index is 329. The van der Waals surface area contributed by atoms with Crippen molar-refractivity contribution in [3.05, 3.63) is 29.3 Å². The first-order chi connectivity index (χ1) is 6.34. The van der Waals surface area contributed by atoms with Gasteiger partial charge in [-0.05, 0) is 5.92 Å². The number of rotatable bonds is 2. The summed E-state index contributed by atoms with van der Waals surface area (Å²) in [6.45, 7) is 4.09. The molecule has 1 aromatic rings. The summed E-state index contributed by atoms with van der Waals surface area (Å²) in [7, 11) is 0. The van der Waals surface area contributed by atoms with Gasteiger partial charge in [-0.3, -0.25) is 4.98 Å². The predicted octanol–water partition coefficient (Wildman–Crippen LogP) is 3.46. The van der Waals surface area contributed by atoms with Crippen LogP contribution >= 0.6 is 0 Å². The zero-order valence-electron chi connectivity index (χ0n) is 8.31. The number of halogens is 3. The third-order valence-corrected chi connectivity index (χ3v) is 1.99. The van der Waals surface area contributed by atoms with Gasteiger partial charge < -0.3 is 0 Å². The minimum atomic E-state index is -3.05. The second-order valence-corrected chi connectivity index (χ2v) is 3.63. The number of hydrogen-bond acceptors (Lipinski definition) is 1. The lowest BCUT2D eigenvalue weighted by Crippen LogP contribution is -2.13. The van der Waals surface area contributed by atoms with Crippen molar-refractivity contribution in [3.63, 3.8) is 0 Å². The normalized spacial score (nSPS) is 12.2. The summed E-state index contributed by atoms with van der Waals surface area (Å²) in [4.78, 5) is 3.44. The first-order valence-corrected chi connectivity index (χ1v) is 4.35. The average molecular weight is 203 g/mol. The molecule has 0 aromatic carbocycles.